The van der Waals surface area contributed by atoms with Crippen molar-refractivity contribution < 1.29 is 4.79 Å². The Morgan fingerprint density at radius 2 is 2.33 bits per heavy atom. The first kappa shape index (κ1) is 9.52. The third-order valence-electron chi connectivity index (χ3n) is 2.89. The summed E-state index contributed by atoms with van der Waals surface area (Å²) in [6, 6.07) is 0. The predicted molar refractivity (Wildman–Crippen MR) is 49.0 cm³/mol. The van der Waals surface area contributed by atoms with Crippen LogP contribution in [-0.2, 0) is 4.79 Å². The minimum absolute atomic E-state index is 0.154. The normalized spacial score (nSPS) is 30.6. The van der Waals surface area contributed by atoms with Crippen molar-refractivity contribution in [3.8, 4) is 0 Å². The first-order chi connectivity index (χ1) is 5.65. The molecule has 1 heterocycles. The molecule has 0 aromatic heterocycles. The lowest BCUT2D eigenvalue weighted by atomic mass is 9.98. The summed E-state index contributed by atoms with van der Waals surface area (Å²) in [5.74, 6) is 0.154. The van der Waals surface area contributed by atoms with Crippen LogP contribution in [0.2, 0.25) is 0 Å². The Kier molecular flexibility index (Phi) is 2.73. The van der Waals surface area contributed by atoms with Gasteiger partial charge in [-0.15, -0.1) is 0 Å². The van der Waals surface area contributed by atoms with E-state index in [1.165, 1.54) is 0 Å². The van der Waals surface area contributed by atoms with Crippen molar-refractivity contribution in [3.63, 3.8) is 0 Å². The molecule has 1 N–H and O–H groups in total. The zero-order valence-electron chi connectivity index (χ0n) is 8.18. The smallest absolute Gasteiger partial charge is 0.239 e. The van der Waals surface area contributed by atoms with Crippen molar-refractivity contribution in [1.82, 2.24) is 10.2 Å². The molecule has 0 spiro atoms. The van der Waals surface area contributed by atoms with Crippen LogP contribution in [0.15, 0.2) is 0 Å². The fourth-order valence-electron chi connectivity index (χ4n) is 2.05. The highest BCUT2D eigenvalue weighted by Gasteiger charge is 2.41. The van der Waals surface area contributed by atoms with Crippen LogP contribution in [0.5, 0.6) is 0 Å². The molecule has 1 aliphatic heterocycles. The largest absolute Gasteiger partial charge is 0.358 e. The molecule has 1 atom stereocenters. The Hall–Kier alpha value is -0.570. The van der Waals surface area contributed by atoms with Gasteiger partial charge in [0.1, 0.15) is 0 Å². The zero-order valence-corrected chi connectivity index (χ0v) is 8.18. The van der Waals surface area contributed by atoms with E-state index >= 15 is 0 Å². The zero-order chi connectivity index (χ0) is 9.19. The Morgan fingerprint density at radius 1 is 1.67 bits per heavy atom. The van der Waals surface area contributed by atoms with Gasteiger partial charge in [-0.2, -0.15) is 0 Å². The van der Waals surface area contributed by atoms with Crippen molar-refractivity contribution in [1.29, 1.82) is 0 Å². The third-order valence-corrected chi connectivity index (χ3v) is 2.89. The maximum absolute atomic E-state index is 11.6. The molecule has 3 nitrogen and oxygen atoms in total. The standard InChI is InChI=1S/C9H18N2O/c1-4-11-7-5-6-9(11,2)8(12)10-3/h4-7H2,1-3H3,(H,10,12)/t9-/m0/s1. The van der Waals surface area contributed by atoms with Gasteiger partial charge in [0.15, 0.2) is 0 Å². The van der Waals surface area contributed by atoms with Crippen LogP contribution in [0.4, 0.5) is 0 Å². The van der Waals surface area contributed by atoms with Gasteiger partial charge in [0.2, 0.25) is 5.91 Å². The molecule has 0 bridgehead atoms. The van der Waals surface area contributed by atoms with E-state index in [-0.39, 0.29) is 11.4 Å². The molecule has 0 aromatic rings. The highest BCUT2D eigenvalue weighted by atomic mass is 16.2. The first-order valence-electron chi connectivity index (χ1n) is 4.62. The Bertz CT molecular complexity index is 181. The van der Waals surface area contributed by atoms with Gasteiger partial charge in [-0.1, -0.05) is 6.92 Å². The fraction of sp³-hybridized carbons (Fsp3) is 0.889. The summed E-state index contributed by atoms with van der Waals surface area (Å²) in [5.41, 5.74) is -0.247. The van der Waals surface area contributed by atoms with Gasteiger partial charge in [-0.3, -0.25) is 9.69 Å². The van der Waals surface area contributed by atoms with E-state index in [0.29, 0.717) is 0 Å². The van der Waals surface area contributed by atoms with Gasteiger partial charge in [0.05, 0.1) is 5.54 Å². The molecule has 0 saturated carbocycles. The van der Waals surface area contributed by atoms with Gasteiger partial charge in [-0.05, 0) is 32.9 Å². The number of likely N-dealkylation sites (tertiary alicyclic amines) is 1. The number of hydrogen-bond acceptors (Lipinski definition) is 2. The lowest BCUT2D eigenvalue weighted by molar-refractivity contribution is -0.130. The van der Waals surface area contributed by atoms with Crippen molar-refractivity contribution in [2.75, 3.05) is 20.1 Å². The predicted octanol–water partition coefficient (Wildman–Crippen LogP) is 0.607. The van der Waals surface area contributed by atoms with E-state index in [1.54, 1.807) is 7.05 Å². The van der Waals surface area contributed by atoms with Gasteiger partial charge >= 0.3 is 0 Å². The quantitative estimate of drug-likeness (QED) is 0.658. The molecule has 1 rings (SSSR count). The van der Waals surface area contributed by atoms with Crippen LogP contribution in [0, 0.1) is 0 Å². The van der Waals surface area contributed by atoms with E-state index < -0.39 is 0 Å². The number of rotatable bonds is 2. The summed E-state index contributed by atoms with van der Waals surface area (Å²) in [4.78, 5) is 13.8. The summed E-state index contributed by atoms with van der Waals surface area (Å²) in [7, 11) is 1.71. The van der Waals surface area contributed by atoms with Crippen LogP contribution >= 0.6 is 0 Å². The average Bonchev–Trinajstić information content (AvgIpc) is 2.46. The Labute approximate surface area is 74.1 Å². The van der Waals surface area contributed by atoms with Gasteiger partial charge in [0.25, 0.3) is 0 Å². The molecule has 3 heteroatoms. The molecule has 1 amide bonds. The minimum Gasteiger partial charge on any atom is -0.358 e. The maximum atomic E-state index is 11.6. The second-order valence-corrected chi connectivity index (χ2v) is 3.54. The number of nitrogens with one attached hydrogen (secondary N) is 1. The van der Waals surface area contributed by atoms with Crippen LogP contribution in [-0.4, -0.2) is 36.5 Å². The van der Waals surface area contributed by atoms with Gasteiger partial charge in [-0.25, -0.2) is 0 Å². The third kappa shape index (κ3) is 1.33. The number of amides is 1. The lowest BCUT2D eigenvalue weighted by Gasteiger charge is -2.32. The van der Waals surface area contributed by atoms with Crippen LogP contribution < -0.4 is 5.32 Å². The van der Waals surface area contributed by atoms with Gasteiger partial charge in [0, 0.05) is 7.05 Å². The molecule has 1 saturated heterocycles. The number of hydrogen-bond donors (Lipinski definition) is 1. The summed E-state index contributed by atoms with van der Waals surface area (Å²) in [6.07, 6.45) is 2.12. The molecule has 0 aliphatic carbocycles. The van der Waals surface area contributed by atoms with E-state index in [4.69, 9.17) is 0 Å². The highest BCUT2D eigenvalue weighted by molar-refractivity contribution is 5.85. The number of carbonyl (C=O) groups excluding carboxylic acids is 1. The minimum atomic E-state index is -0.247. The Morgan fingerprint density at radius 3 is 2.83 bits per heavy atom. The number of likely N-dealkylation sites (N-methyl/N-ethyl adjacent to an activating group) is 2. The summed E-state index contributed by atoms with van der Waals surface area (Å²) >= 11 is 0. The van der Waals surface area contributed by atoms with Crippen molar-refractivity contribution in [2.45, 2.75) is 32.2 Å². The summed E-state index contributed by atoms with van der Waals surface area (Å²) in [6.45, 7) is 6.15. The first-order valence-corrected chi connectivity index (χ1v) is 4.62. The molecule has 0 radical (unpaired) electrons. The molecule has 1 fully saturated rings. The second-order valence-electron chi connectivity index (χ2n) is 3.54. The molecule has 0 aromatic carbocycles. The van der Waals surface area contributed by atoms with Crippen molar-refractivity contribution >= 4 is 5.91 Å². The van der Waals surface area contributed by atoms with E-state index in [2.05, 4.69) is 17.1 Å². The highest BCUT2D eigenvalue weighted by Crippen LogP contribution is 2.28. The monoisotopic (exact) mass is 170 g/mol. The molecule has 1 aliphatic rings. The molecular formula is C9H18N2O. The molecule has 12 heavy (non-hydrogen) atoms. The summed E-state index contributed by atoms with van der Waals surface area (Å²) < 4.78 is 0. The number of nitrogens with zero attached hydrogens (tertiary/aromatic N) is 1. The summed E-state index contributed by atoms with van der Waals surface area (Å²) in [5, 5.41) is 2.73. The van der Waals surface area contributed by atoms with Crippen LogP contribution in [0.25, 0.3) is 0 Å². The fourth-order valence-corrected chi connectivity index (χ4v) is 2.05. The molecular weight excluding hydrogens is 152 g/mol. The lowest BCUT2D eigenvalue weighted by Crippen LogP contribution is -2.52. The van der Waals surface area contributed by atoms with Gasteiger partial charge < -0.3 is 5.32 Å². The topological polar surface area (TPSA) is 32.3 Å². The van der Waals surface area contributed by atoms with Crippen molar-refractivity contribution in [2.24, 2.45) is 0 Å². The number of carbonyl (C=O) groups is 1. The molecule has 70 valence electrons. The molecule has 0 unspecified atom stereocenters. The van der Waals surface area contributed by atoms with E-state index in [9.17, 15) is 4.79 Å². The SMILES string of the molecule is CCN1CCC[C@@]1(C)C(=O)NC. The average molecular weight is 170 g/mol. The van der Waals surface area contributed by atoms with E-state index in [0.717, 1.165) is 25.9 Å². The van der Waals surface area contributed by atoms with Crippen LogP contribution in [0.1, 0.15) is 26.7 Å². The van der Waals surface area contributed by atoms with E-state index in [1.807, 2.05) is 6.92 Å². The van der Waals surface area contributed by atoms with Crippen LogP contribution in [0.3, 0.4) is 0 Å². The maximum Gasteiger partial charge on any atom is 0.239 e. The Balaban J connectivity index is 2.74. The second kappa shape index (κ2) is 3.44. The van der Waals surface area contributed by atoms with Crippen molar-refractivity contribution in [3.05, 3.63) is 0 Å².